The van der Waals surface area contributed by atoms with Crippen LogP contribution in [-0.2, 0) is 4.79 Å². The van der Waals surface area contributed by atoms with Crippen LogP contribution in [0.4, 0.5) is 0 Å². The Balaban J connectivity index is 2.60. The Bertz CT molecular complexity index is 273. The highest BCUT2D eigenvalue weighted by Crippen LogP contribution is 2.14. The average Bonchev–Trinajstić information content (AvgIpc) is 2.70. The lowest BCUT2D eigenvalue weighted by molar-refractivity contribution is -0.136. The number of likely N-dealkylation sites (tertiary alicyclic amines) is 1. The van der Waals surface area contributed by atoms with E-state index >= 15 is 0 Å². The van der Waals surface area contributed by atoms with E-state index in [2.05, 4.69) is 30.6 Å². The summed E-state index contributed by atoms with van der Waals surface area (Å²) in [5, 5.41) is 0. The molecule has 1 atom stereocenters. The fraction of sp³-hybridized carbons (Fsp3) is 0.938. The van der Waals surface area contributed by atoms with E-state index in [0.717, 1.165) is 45.4 Å². The third-order valence-electron chi connectivity index (χ3n) is 4.07. The Morgan fingerprint density at radius 2 is 1.75 bits per heavy atom. The zero-order valence-electron chi connectivity index (χ0n) is 13.6. The molecule has 118 valence electrons. The minimum absolute atomic E-state index is 0.0120. The quantitative estimate of drug-likeness (QED) is 0.778. The van der Waals surface area contributed by atoms with Crippen LogP contribution in [-0.4, -0.2) is 54.5 Å². The van der Waals surface area contributed by atoms with E-state index in [1.807, 2.05) is 0 Å². The minimum atomic E-state index is -0.0120. The molecule has 1 amide bonds. The average molecular weight is 283 g/mol. The van der Waals surface area contributed by atoms with Crippen molar-refractivity contribution in [3.63, 3.8) is 0 Å². The lowest BCUT2D eigenvalue weighted by Gasteiger charge is -2.33. The van der Waals surface area contributed by atoms with Gasteiger partial charge in [0.05, 0.1) is 6.04 Å². The Kier molecular flexibility index (Phi) is 8.15. The van der Waals surface area contributed by atoms with Gasteiger partial charge in [0.15, 0.2) is 0 Å². The van der Waals surface area contributed by atoms with Crippen molar-refractivity contribution >= 4 is 5.91 Å². The molecule has 0 saturated carbocycles. The Hall–Kier alpha value is -0.610. The molecule has 1 heterocycles. The van der Waals surface area contributed by atoms with Gasteiger partial charge in [-0.1, -0.05) is 26.7 Å². The second kappa shape index (κ2) is 9.35. The first-order valence-corrected chi connectivity index (χ1v) is 8.29. The van der Waals surface area contributed by atoms with E-state index in [0.29, 0.717) is 18.4 Å². The van der Waals surface area contributed by atoms with Crippen molar-refractivity contribution in [1.29, 1.82) is 0 Å². The van der Waals surface area contributed by atoms with Gasteiger partial charge in [-0.3, -0.25) is 9.69 Å². The fourth-order valence-corrected chi connectivity index (χ4v) is 2.92. The van der Waals surface area contributed by atoms with Crippen LogP contribution in [0.1, 0.15) is 52.9 Å². The van der Waals surface area contributed by atoms with Crippen molar-refractivity contribution in [2.45, 2.75) is 58.9 Å². The Morgan fingerprint density at radius 1 is 1.15 bits per heavy atom. The number of nitrogens with zero attached hydrogens (tertiary/aromatic N) is 2. The summed E-state index contributed by atoms with van der Waals surface area (Å²) >= 11 is 0. The van der Waals surface area contributed by atoms with Crippen LogP contribution < -0.4 is 5.73 Å². The number of carbonyl (C=O) groups is 1. The maximum atomic E-state index is 12.7. The molecule has 1 fully saturated rings. The second-order valence-corrected chi connectivity index (χ2v) is 6.45. The van der Waals surface area contributed by atoms with Crippen LogP contribution in [0.2, 0.25) is 0 Å². The molecule has 0 aliphatic carbocycles. The summed E-state index contributed by atoms with van der Waals surface area (Å²) in [6.45, 7) is 10.9. The molecule has 2 N–H and O–H groups in total. The largest absolute Gasteiger partial charge is 0.341 e. The van der Waals surface area contributed by atoms with E-state index in [-0.39, 0.29) is 6.04 Å². The molecule has 1 unspecified atom stereocenters. The number of hydrogen-bond acceptors (Lipinski definition) is 3. The number of amides is 1. The van der Waals surface area contributed by atoms with Gasteiger partial charge in [-0.05, 0) is 38.6 Å². The Morgan fingerprint density at radius 3 is 2.25 bits per heavy atom. The highest BCUT2D eigenvalue weighted by atomic mass is 16.2. The monoisotopic (exact) mass is 283 g/mol. The van der Waals surface area contributed by atoms with Crippen LogP contribution >= 0.6 is 0 Å². The summed E-state index contributed by atoms with van der Waals surface area (Å²) in [6.07, 6.45) is 5.81. The van der Waals surface area contributed by atoms with Gasteiger partial charge in [0.1, 0.15) is 0 Å². The molecule has 0 bridgehead atoms. The first-order chi connectivity index (χ1) is 9.56. The minimum Gasteiger partial charge on any atom is -0.341 e. The summed E-state index contributed by atoms with van der Waals surface area (Å²) in [5.41, 5.74) is 5.63. The predicted molar refractivity (Wildman–Crippen MR) is 84.6 cm³/mol. The molecule has 1 saturated heterocycles. The van der Waals surface area contributed by atoms with Crippen molar-refractivity contribution < 1.29 is 4.79 Å². The van der Waals surface area contributed by atoms with Crippen molar-refractivity contribution in [1.82, 2.24) is 9.80 Å². The molecule has 0 aromatic carbocycles. The molecule has 0 aromatic heterocycles. The maximum Gasteiger partial charge on any atom is 0.239 e. The fourth-order valence-electron chi connectivity index (χ4n) is 2.92. The van der Waals surface area contributed by atoms with Gasteiger partial charge >= 0.3 is 0 Å². The Labute approximate surface area is 124 Å². The third-order valence-corrected chi connectivity index (χ3v) is 4.07. The van der Waals surface area contributed by atoms with Crippen LogP contribution in [0.25, 0.3) is 0 Å². The SMILES string of the molecule is CC(C)CN(CCCN)C(C)C(=O)N1CCCCCC1. The molecule has 0 spiro atoms. The third kappa shape index (κ3) is 5.80. The van der Waals surface area contributed by atoms with Crippen molar-refractivity contribution in [3.05, 3.63) is 0 Å². The summed E-state index contributed by atoms with van der Waals surface area (Å²) in [6, 6.07) is -0.0120. The van der Waals surface area contributed by atoms with Crippen molar-refractivity contribution in [3.8, 4) is 0 Å². The molecule has 20 heavy (non-hydrogen) atoms. The number of nitrogens with two attached hydrogens (primary N) is 1. The number of rotatable bonds is 7. The van der Waals surface area contributed by atoms with Crippen LogP contribution in [0, 0.1) is 5.92 Å². The molecule has 1 aliphatic heterocycles. The topological polar surface area (TPSA) is 49.6 Å². The number of hydrogen-bond donors (Lipinski definition) is 1. The molecular formula is C16H33N3O. The summed E-state index contributed by atoms with van der Waals surface area (Å²) in [4.78, 5) is 17.1. The lowest BCUT2D eigenvalue weighted by Crippen LogP contribution is -2.49. The smallest absolute Gasteiger partial charge is 0.239 e. The summed E-state index contributed by atoms with van der Waals surface area (Å²) in [7, 11) is 0. The van der Waals surface area contributed by atoms with Crippen molar-refractivity contribution in [2.75, 3.05) is 32.7 Å². The maximum absolute atomic E-state index is 12.7. The molecule has 4 heteroatoms. The van der Waals surface area contributed by atoms with Gasteiger partial charge in [0.2, 0.25) is 5.91 Å². The van der Waals surface area contributed by atoms with Crippen LogP contribution in [0.3, 0.4) is 0 Å². The molecule has 0 radical (unpaired) electrons. The van der Waals surface area contributed by atoms with E-state index in [4.69, 9.17) is 5.73 Å². The van der Waals surface area contributed by atoms with E-state index < -0.39 is 0 Å². The highest BCUT2D eigenvalue weighted by Gasteiger charge is 2.26. The van der Waals surface area contributed by atoms with Gasteiger partial charge in [0, 0.05) is 26.2 Å². The first kappa shape index (κ1) is 17.4. The standard InChI is InChI=1S/C16H33N3O/c1-14(2)13-19(12-8-9-17)15(3)16(20)18-10-6-4-5-7-11-18/h14-15H,4-13,17H2,1-3H3. The predicted octanol–water partition coefficient (Wildman–Crippen LogP) is 2.08. The van der Waals surface area contributed by atoms with Gasteiger partial charge < -0.3 is 10.6 Å². The molecular weight excluding hydrogens is 250 g/mol. The first-order valence-electron chi connectivity index (χ1n) is 8.29. The van der Waals surface area contributed by atoms with Gasteiger partial charge in [-0.2, -0.15) is 0 Å². The normalized spacial score (nSPS) is 18.4. The van der Waals surface area contributed by atoms with E-state index in [1.54, 1.807) is 0 Å². The van der Waals surface area contributed by atoms with Gasteiger partial charge in [-0.25, -0.2) is 0 Å². The van der Waals surface area contributed by atoms with E-state index in [9.17, 15) is 4.79 Å². The molecule has 1 rings (SSSR count). The molecule has 4 nitrogen and oxygen atoms in total. The highest BCUT2D eigenvalue weighted by molar-refractivity contribution is 5.81. The molecule has 0 aromatic rings. The lowest BCUT2D eigenvalue weighted by atomic mass is 10.1. The molecule has 1 aliphatic rings. The summed E-state index contributed by atoms with van der Waals surface area (Å²) < 4.78 is 0. The second-order valence-electron chi connectivity index (χ2n) is 6.45. The van der Waals surface area contributed by atoms with Gasteiger partial charge in [-0.15, -0.1) is 0 Å². The summed E-state index contributed by atoms with van der Waals surface area (Å²) in [5.74, 6) is 0.886. The van der Waals surface area contributed by atoms with Crippen LogP contribution in [0.15, 0.2) is 0 Å². The van der Waals surface area contributed by atoms with E-state index in [1.165, 1.54) is 12.8 Å². The van der Waals surface area contributed by atoms with Gasteiger partial charge in [0.25, 0.3) is 0 Å². The zero-order chi connectivity index (χ0) is 15.0. The number of carbonyl (C=O) groups excluding carboxylic acids is 1. The van der Waals surface area contributed by atoms with Crippen molar-refractivity contribution in [2.24, 2.45) is 11.7 Å². The zero-order valence-corrected chi connectivity index (χ0v) is 13.6. The van der Waals surface area contributed by atoms with Crippen LogP contribution in [0.5, 0.6) is 0 Å².